The number of benzene rings is 1. The van der Waals surface area contributed by atoms with Crippen molar-refractivity contribution in [3.8, 4) is 0 Å². The SMILES string of the molecule is O=C(NCc1cccc(F)c1)c1cc(Br)c[nH]1. The van der Waals surface area contributed by atoms with Gasteiger partial charge in [0.15, 0.2) is 0 Å². The molecule has 2 N–H and O–H groups in total. The van der Waals surface area contributed by atoms with Gasteiger partial charge in [-0.3, -0.25) is 4.79 Å². The zero-order chi connectivity index (χ0) is 12.3. The molecule has 0 atom stereocenters. The number of hydrogen-bond acceptors (Lipinski definition) is 1. The van der Waals surface area contributed by atoms with Gasteiger partial charge in [0.25, 0.3) is 5.91 Å². The van der Waals surface area contributed by atoms with Gasteiger partial charge in [0.05, 0.1) is 0 Å². The first-order valence-corrected chi connectivity index (χ1v) is 5.81. The number of hydrogen-bond donors (Lipinski definition) is 2. The van der Waals surface area contributed by atoms with E-state index in [0.717, 1.165) is 10.0 Å². The Hall–Kier alpha value is -1.62. The molecule has 0 unspecified atom stereocenters. The Labute approximate surface area is 106 Å². The lowest BCUT2D eigenvalue weighted by Gasteiger charge is -2.03. The van der Waals surface area contributed by atoms with Gasteiger partial charge in [-0.1, -0.05) is 12.1 Å². The van der Waals surface area contributed by atoms with Crippen LogP contribution in [-0.2, 0) is 6.54 Å². The summed E-state index contributed by atoms with van der Waals surface area (Å²) in [4.78, 5) is 14.5. The van der Waals surface area contributed by atoms with Crippen LogP contribution in [0.1, 0.15) is 16.1 Å². The largest absolute Gasteiger partial charge is 0.356 e. The minimum Gasteiger partial charge on any atom is -0.356 e. The van der Waals surface area contributed by atoms with Crippen LogP contribution in [0.15, 0.2) is 41.0 Å². The summed E-state index contributed by atoms with van der Waals surface area (Å²) in [5.74, 6) is -0.528. The molecule has 5 heteroatoms. The highest BCUT2D eigenvalue weighted by molar-refractivity contribution is 9.10. The standard InChI is InChI=1S/C12H10BrFN2O/c13-9-5-11(15-7-9)12(17)16-6-8-2-1-3-10(14)4-8/h1-5,7,15H,6H2,(H,16,17). The number of rotatable bonds is 3. The van der Waals surface area contributed by atoms with Crippen molar-refractivity contribution >= 4 is 21.8 Å². The predicted molar refractivity (Wildman–Crippen MR) is 66.1 cm³/mol. The molecule has 1 aromatic heterocycles. The number of carbonyl (C=O) groups excluding carboxylic acids is 1. The smallest absolute Gasteiger partial charge is 0.267 e. The third kappa shape index (κ3) is 3.17. The number of H-pyrrole nitrogens is 1. The van der Waals surface area contributed by atoms with E-state index in [1.54, 1.807) is 24.4 Å². The zero-order valence-corrected chi connectivity index (χ0v) is 10.4. The number of carbonyl (C=O) groups is 1. The van der Waals surface area contributed by atoms with E-state index in [1.165, 1.54) is 12.1 Å². The van der Waals surface area contributed by atoms with Gasteiger partial charge < -0.3 is 10.3 Å². The van der Waals surface area contributed by atoms with E-state index >= 15 is 0 Å². The summed E-state index contributed by atoms with van der Waals surface area (Å²) in [7, 11) is 0. The fourth-order valence-electron chi connectivity index (χ4n) is 1.42. The molecule has 0 saturated heterocycles. The van der Waals surface area contributed by atoms with Gasteiger partial charge in [0.2, 0.25) is 0 Å². The number of nitrogens with one attached hydrogen (secondary N) is 2. The summed E-state index contributed by atoms with van der Waals surface area (Å²) in [6, 6.07) is 7.81. The maximum atomic E-state index is 12.9. The first-order chi connectivity index (χ1) is 8.15. The molecule has 0 bridgehead atoms. The van der Waals surface area contributed by atoms with Crippen molar-refractivity contribution in [1.82, 2.24) is 10.3 Å². The van der Waals surface area contributed by atoms with E-state index in [9.17, 15) is 9.18 Å². The maximum absolute atomic E-state index is 12.9. The van der Waals surface area contributed by atoms with E-state index in [4.69, 9.17) is 0 Å². The second-order valence-corrected chi connectivity index (χ2v) is 4.46. The lowest BCUT2D eigenvalue weighted by molar-refractivity contribution is 0.0946. The zero-order valence-electron chi connectivity index (χ0n) is 8.84. The van der Waals surface area contributed by atoms with Crippen molar-refractivity contribution in [2.24, 2.45) is 0 Å². The van der Waals surface area contributed by atoms with Gasteiger partial charge in [-0.15, -0.1) is 0 Å². The highest BCUT2D eigenvalue weighted by atomic mass is 79.9. The average Bonchev–Trinajstić information content (AvgIpc) is 2.73. The molecule has 0 saturated carbocycles. The molecule has 88 valence electrons. The average molecular weight is 297 g/mol. The molecule has 2 rings (SSSR count). The van der Waals surface area contributed by atoms with Crippen LogP contribution in [-0.4, -0.2) is 10.9 Å². The molecule has 17 heavy (non-hydrogen) atoms. The first kappa shape index (κ1) is 11.9. The van der Waals surface area contributed by atoms with E-state index < -0.39 is 0 Å². The van der Waals surface area contributed by atoms with Crippen molar-refractivity contribution in [3.63, 3.8) is 0 Å². The minimum absolute atomic E-state index is 0.222. The highest BCUT2D eigenvalue weighted by Crippen LogP contribution is 2.10. The molecule has 0 aliphatic carbocycles. The Kier molecular flexibility index (Phi) is 3.58. The van der Waals surface area contributed by atoms with Crippen molar-refractivity contribution in [2.75, 3.05) is 0 Å². The fourth-order valence-corrected chi connectivity index (χ4v) is 1.77. The van der Waals surface area contributed by atoms with E-state index in [2.05, 4.69) is 26.2 Å². The van der Waals surface area contributed by atoms with Crippen LogP contribution in [0.2, 0.25) is 0 Å². The van der Waals surface area contributed by atoms with Crippen molar-refractivity contribution < 1.29 is 9.18 Å². The van der Waals surface area contributed by atoms with Crippen molar-refractivity contribution in [2.45, 2.75) is 6.54 Å². The summed E-state index contributed by atoms with van der Waals surface area (Å²) in [6.45, 7) is 0.299. The summed E-state index contributed by atoms with van der Waals surface area (Å²) in [6.07, 6.45) is 1.68. The second kappa shape index (κ2) is 5.14. The van der Waals surface area contributed by atoms with Gasteiger partial charge in [-0.2, -0.15) is 0 Å². The molecule has 0 spiro atoms. The van der Waals surface area contributed by atoms with E-state index in [0.29, 0.717) is 12.2 Å². The topological polar surface area (TPSA) is 44.9 Å². The lowest BCUT2D eigenvalue weighted by Crippen LogP contribution is -2.23. The Morgan fingerprint density at radius 1 is 1.41 bits per heavy atom. The van der Waals surface area contributed by atoms with Crippen LogP contribution in [0.4, 0.5) is 4.39 Å². The molecule has 1 amide bonds. The number of aromatic amines is 1. The number of aromatic nitrogens is 1. The van der Waals surface area contributed by atoms with Crippen LogP contribution in [0, 0.1) is 5.82 Å². The molecule has 0 aliphatic heterocycles. The number of halogens is 2. The van der Waals surface area contributed by atoms with Crippen LogP contribution < -0.4 is 5.32 Å². The van der Waals surface area contributed by atoms with Crippen LogP contribution in [0.25, 0.3) is 0 Å². The minimum atomic E-state index is -0.306. The summed E-state index contributed by atoms with van der Waals surface area (Å²) < 4.78 is 13.7. The predicted octanol–water partition coefficient (Wildman–Crippen LogP) is 2.85. The van der Waals surface area contributed by atoms with Gasteiger partial charge in [0, 0.05) is 17.2 Å². The quantitative estimate of drug-likeness (QED) is 0.899. The third-order valence-corrected chi connectivity index (χ3v) is 2.69. The van der Waals surface area contributed by atoms with E-state index in [1.807, 2.05) is 0 Å². The van der Waals surface area contributed by atoms with Crippen LogP contribution in [0.3, 0.4) is 0 Å². The summed E-state index contributed by atoms with van der Waals surface area (Å²) in [5.41, 5.74) is 1.19. The summed E-state index contributed by atoms with van der Waals surface area (Å²) >= 11 is 3.25. The van der Waals surface area contributed by atoms with Crippen LogP contribution in [0.5, 0.6) is 0 Å². The molecule has 0 radical (unpaired) electrons. The first-order valence-electron chi connectivity index (χ1n) is 5.02. The van der Waals surface area contributed by atoms with Gasteiger partial charge >= 0.3 is 0 Å². The van der Waals surface area contributed by atoms with Crippen LogP contribution >= 0.6 is 15.9 Å². The Morgan fingerprint density at radius 2 is 2.24 bits per heavy atom. The van der Waals surface area contributed by atoms with Gasteiger partial charge in [0.1, 0.15) is 11.5 Å². The normalized spacial score (nSPS) is 10.2. The van der Waals surface area contributed by atoms with Gasteiger partial charge in [-0.05, 0) is 39.7 Å². The fraction of sp³-hybridized carbons (Fsp3) is 0.0833. The number of amides is 1. The van der Waals surface area contributed by atoms with E-state index in [-0.39, 0.29) is 11.7 Å². The highest BCUT2D eigenvalue weighted by Gasteiger charge is 2.07. The second-order valence-electron chi connectivity index (χ2n) is 3.54. The maximum Gasteiger partial charge on any atom is 0.267 e. The summed E-state index contributed by atoms with van der Waals surface area (Å²) in [5, 5.41) is 2.70. The van der Waals surface area contributed by atoms with Crippen molar-refractivity contribution in [1.29, 1.82) is 0 Å². The molecule has 2 aromatic rings. The molecule has 0 aliphatic rings. The Morgan fingerprint density at radius 3 is 2.88 bits per heavy atom. The molecule has 1 aromatic carbocycles. The molecular weight excluding hydrogens is 287 g/mol. The lowest BCUT2D eigenvalue weighted by atomic mass is 10.2. The van der Waals surface area contributed by atoms with Crippen molar-refractivity contribution in [3.05, 3.63) is 58.1 Å². The molecule has 1 heterocycles. The third-order valence-electron chi connectivity index (χ3n) is 2.23. The molecule has 0 fully saturated rings. The Balaban J connectivity index is 1.97. The Bertz CT molecular complexity index is 539. The van der Waals surface area contributed by atoms with Gasteiger partial charge in [-0.25, -0.2) is 4.39 Å². The monoisotopic (exact) mass is 296 g/mol. The molecule has 3 nitrogen and oxygen atoms in total. The molecular formula is C12H10BrFN2O.